The molecule has 0 radical (unpaired) electrons. The highest BCUT2D eigenvalue weighted by atomic mass is 35.5. The van der Waals surface area contributed by atoms with Crippen molar-refractivity contribution in [3.8, 4) is 17.2 Å². The van der Waals surface area contributed by atoms with E-state index in [1.54, 1.807) is 21.3 Å². The first-order chi connectivity index (χ1) is 19.1. The Morgan fingerprint density at radius 2 is 1.62 bits per heavy atom. The fraction of sp³-hybridized carbons (Fsp3) is 0.625. The Kier molecular flexibility index (Phi) is 9.94. The van der Waals surface area contributed by atoms with Gasteiger partial charge in [-0.1, -0.05) is 30.2 Å². The van der Waals surface area contributed by atoms with Crippen molar-refractivity contribution < 1.29 is 14.2 Å². The molecule has 3 saturated heterocycles. The number of likely N-dealkylation sites (tertiary alicyclic amines) is 1. The minimum atomic E-state index is 0.640. The van der Waals surface area contributed by atoms with Crippen LogP contribution in [0.25, 0.3) is 0 Å². The van der Waals surface area contributed by atoms with Crippen molar-refractivity contribution in [1.82, 2.24) is 15.1 Å². The molecule has 4 atom stereocenters. The van der Waals surface area contributed by atoms with Gasteiger partial charge in [-0.25, -0.2) is 0 Å². The second kappa shape index (κ2) is 13.6. The normalized spacial score (nSPS) is 25.2. The third kappa shape index (κ3) is 6.67. The summed E-state index contributed by atoms with van der Waals surface area (Å²) >= 11 is 6.19. The van der Waals surface area contributed by atoms with Crippen LogP contribution in [-0.2, 0) is 13.1 Å². The fourth-order valence-electron chi connectivity index (χ4n) is 7.56. The van der Waals surface area contributed by atoms with Gasteiger partial charge in [-0.2, -0.15) is 0 Å². The quantitative estimate of drug-likeness (QED) is 0.324. The average Bonchev–Trinajstić information content (AvgIpc) is 2.96. The lowest BCUT2D eigenvalue weighted by atomic mass is 9.69. The molecule has 3 heterocycles. The van der Waals surface area contributed by atoms with Crippen LogP contribution in [0.5, 0.6) is 17.2 Å². The molecule has 2 aromatic carbocycles. The van der Waals surface area contributed by atoms with Crippen molar-refractivity contribution in [1.29, 1.82) is 0 Å². The van der Waals surface area contributed by atoms with E-state index in [4.69, 9.17) is 25.8 Å². The van der Waals surface area contributed by atoms with Crippen LogP contribution in [0.1, 0.15) is 56.1 Å². The predicted octanol–water partition coefficient (Wildman–Crippen LogP) is 6.00. The van der Waals surface area contributed by atoms with Crippen LogP contribution in [0.4, 0.5) is 0 Å². The molecule has 39 heavy (non-hydrogen) atoms. The molecule has 3 aliphatic rings. The summed E-state index contributed by atoms with van der Waals surface area (Å²) in [6, 6.07) is 14.0. The minimum absolute atomic E-state index is 0.640. The zero-order chi connectivity index (χ0) is 27.2. The molecule has 7 heteroatoms. The molecular weight excluding hydrogens is 510 g/mol. The summed E-state index contributed by atoms with van der Waals surface area (Å²) < 4.78 is 16.5. The van der Waals surface area contributed by atoms with E-state index < -0.39 is 0 Å². The second-order valence-electron chi connectivity index (χ2n) is 11.6. The predicted molar refractivity (Wildman–Crippen MR) is 158 cm³/mol. The van der Waals surface area contributed by atoms with E-state index in [-0.39, 0.29) is 0 Å². The Balaban J connectivity index is 1.18. The standard InChI is InChI=1S/C32H46ClN3O3/c1-37-29-18-24(19-30(38-2)32(29)39-3)20-34-15-5-4-10-28-27-9-7-17-35-16-6-8-25(31(27)35)22-36(28)21-23-11-13-26(33)14-12-23/h11-14,18-19,25,27-28,31,34H,4-10,15-17,20-22H2,1-3H3/t25-,27-,28-,31+/m1/s1. The number of hydrogen-bond donors (Lipinski definition) is 1. The third-order valence-electron chi connectivity index (χ3n) is 9.23. The molecule has 0 amide bonds. The van der Waals surface area contributed by atoms with Crippen LogP contribution in [0.3, 0.4) is 0 Å². The van der Waals surface area contributed by atoms with Crippen molar-refractivity contribution in [3.05, 3.63) is 52.5 Å². The van der Waals surface area contributed by atoms with E-state index >= 15 is 0 Å². The Hall–Kier alpha value is -1.99. The molecule has 3 aliphatic heterocycles. The number of hydrogen-bond acceptors (Lipinski definition) is 6. The highest BCUT2D eigenvalue weighted by Gasteiger charge is 2.48. The Bertz CT molecular complexity index is 1040. The number of nitrogens with zero attached hydrogens (tertiary/aromatic N) is 2. The lowest BCUT2D eigenvalue weighted by Gasteiger charge is -2.57. The Labute approximate surface area is 239 Å². The molecule has 0 bridgehead atoms. The molecular formula is C32H46ClN3O3. The smallest absolute Gasteiger partial charge is 0.203 e. The van der Waals surface area contributed by atoms with Gasteiger partial charge in [0.05, 0.1) is 21.3 Å². The summed E-state index contributed by atoms with van der Waals surface area (Å²) in [5, 5.41) is 4.46. The van der Waals surface area contributed by atoms with Gasteiger partial charge in [0.2, 0.25) is 5.75 Å². The van der Waals surface area contributed by atoms with E-state index in [1.165, 1.54) is 70.1 Å². The van der Waals surface area contributed by atoms with Crippen LogP contribution in [0, 0.1) is 11.8 Å². The Morgan fingerprint density at radius 1 is 0.897 bits per heavy atom. The number of methoxy groups -OCH3 is 3. The Morgan fingerprint density at radius 3 is 2.31 bits per heavy atom. The van der Waals surface area contributed by atoms with Crippen LogP contribution < -0.4 is 19.5 Å². The largest absolute Gasteiger partial charge is 0.493 e. The van der Waals surface area contributed by atoms with Crippen LogP contribution in [-0.4, -0.2) is 69.4 Å². The van der Waals surface area contributed by atoms with E-state index in [0.29, 0.717) is 23.3 Å². The average molecular weight is 556 g/mol. The fourth-order valence-corrected chi connectivity index (χ4v) is 7.69. The molecule has 0 spiro atoms. The summed E-state index contributed by atoms with van der Waals surface area (Å²) in [5.41, 5.74) is 2.52. The summed E-state index contributed by atoms with van der Waals surface area (Å²) in [6.45, 7) is 6.69. The molecule has 0 aromatic heterocycles. The van der Waals surface area contributed by atoms with Crippen molar-refractivity contribution in [2.24, 2.45) is 11.8 Å². The van der Waals surface area contributed by atoms with Gasteiger partial charge in [0.15, 0.2) is 11.5 Å². The molecule has 0 unspecified atom stereocenters. The number of unbranched alkanes of at least 4 members (excludes halogenated alkanes) is 1. The lowest BCUT2D eigenvalue weighted by molar-refractivity contribution is -0.0811. The van der Waals surface area contributed by atoms with E-state index in [9.17, 15) is 0 Å². The van der Waals surface area contributed by atoms with Crippen LogP contribution >= 0.6 is 11.6 Å². The van der Waals surface area contributed by atoms with Gasteiger partial charge in [-0.05, 0) is 105 Å². The van der Waals surface area contributed by atoms with E-state index in [1.807, 2.05) is 24.3 Å². The van der Waals surface area contributed by atoms with E-state index in [0.717, 1.165) is 48.1 Å². The number of benzene rings is 2. The first-order valence-corrected chi connectivity index (χ1v) is 15.2. The molecule has 3 fully saturated rings. The maximum Gasteiger partial charge on any atom is 0.203 e. The topological polar surface area (TPSA) is 46.2 Å². The number of rotatable bonds is 12. The highest BCUT2D eigenvalue weighted by Crippen LogP contribution is 2.44. The lowest BCUT2D eigenvalue weighted by Crippen LogP contribution is -2.64. The van der Waals surface area contributed by atoms with Gasteiger partial charge in [0, 0.05) is 36.7 Å². The summed E-state index contributed by atoms with van der Waals surface area (Å²) in [5.74, 6) is 3.68. The molecule has 214 valence electrons. The minimum Gasteiger partial charge on any atom is -0.493 e. The van der Waals surface area contributed by atoms with Crippen molar-refractivity contribution in [3.63, 3.8) is 0 Å². The summed E-state index contributed by atoms with van der Waals surface area (Å²) in [7, 11) is 4.97. The molecule has 5 rings (SSSR count). The van der Waals surface area contributed by atoms with Crippen LogP contribution in [0.15, 0.2) is 36.4 Å². The number of piperidine rings is 3. The molecule has 2 aromatic rings. The monoisotopic (exact) mass is 555 g/mol. The number of nitrogens with one attached hydrogen (secondary N) is 1. The van der Waals surface area contributed by atoms with Gasteiger partial charge >= 0.3 is 0 Å². The number of halogens is 1. The van der Waals surface area contributed by atoms with Gasteiger partial charge < -0.3 is 19.5 Å². The maximum atomic E-state index is 6.19. The molecule has 0 saturated carbocycles. The first-order valence-electron chi connectivity index (χ1n) is 14.8. The number of ether oxygens (including phenoxy) is 3. The first kappa shape index (κ1) is 28.5. The molecule has 6 nitrogen and oxygen atoms in total. The molecule has 0 aliphatic carbocycles. The van der Waals surface area contributed by atoms with Gasteiger partial charge in [-0.15, -0.1) is 0 Å². The summed E-state index contributed by atoms with van der Waals surface area (Å²) in [6.07, 6.45) is 9.21. The third-order valence-corrected chi connectivity index (χ3v) is 9.49. The highest BCUT2D eigenvalue weighted by molar-refractivity contribution is 6.30. The molecule has 1 N–H and O–H groups in total. The summed E-state index contributed by atoms with van der Waals surface area (Å²) in [4.78, 5) is 5.70. The van der Waals surface area contributed by atoms with Crippen molar-refractivity contribution in [2.45, 2.75) is 70.1 Å². The van der Waals surface area contributed by atoms with Gasteiger partial charge in [-0.3, -0.25) is 9.80 Å². The van der Waals surface area contributed by atoms with Gasteiger partial charge in [0.25, 0.3) is 0 Å². The van der Waals surface area contributed by atoms with Crippen molar-refractivity contribution >= 4 is 11.6 Å². The maximum absolute atomic E-state index is 6.19. The van der Waals surface area contributed by atoms with Crippen LogP contribution in [0.2, 0.25) is 5.02 Å². The van der Waals surface area contributed by atoms with Crippen molar-refractivity contribution in [2.75, 3.05) is 47.5 Å². The SMILES string of the molecule is COc1cc(CNCCCC[C@@H]2[C@H]3CCCN4CCC[C@H](CN2Cc2ccc(Cl)cc2)[C@@H]34)cc(OC)c1OC. The zero-order valence-electron chi connectivity index (χ0n) is 24.0. The second-order valence-corrected chi connectivity index (χ2v) is 12.0. The van der Waals surface area contributed by atoms with E-state index in [2.05, 4.69) is 27.2 Å². The van der Waals surface area contributed by atoms with Gasteiger partial charge in [0.1, 0.15) is 0 Å². The zero-order valence-corrected chi connectivity index (χ0v) is 24.7.